The van der Waals surface area contributed by atoms with Gasteiger partial charge >= 0.3 is 0 Å². The van der Waals surface area contributed by atoms with Gasteiger partial charge in [0.05, 0.1) is 23.8 Å². The Morgan fingerprint density at radius 1 is 1.57 bits per heavy atom. The minimum absolute atomic E-state index is 0.183. The zero-order valence-corrected chi connectivity index (χ0v) is 14.3. The van der Waals surface area contributed by atoms with Gasteiger partial charge in [-0.25, -0.2) is 9.19 Å². The number of nitrogens with zero attached hydrogens (tertiary/aromatic N) is 3. The van der Waals surface area contributed by atoms with E-state index < -0.39 is 15.7 Å². The van der Waals surface area contributed by atoms with E-state index in [-0.39, 0.29) is 5.15 Å². The van der Waals surface area contributed by atoms with Crippen molar-refractivity contribution in [3.63, 3.8) is 0 Å². The first-order chi connectivity index (χ1) is 9.79. The monoisotopic (exact) mass is 329 g/mol. The maximum Gasteiger partial charge on any atom is 0.233 e. The summed E-state index contributed by atoms with van der Waals surface area (Å²) >= 11 is 6.12. The molecular weight excluding hydrogens is 310 g/mol. The number of aromatic nitrogens is 2. The lowest BCUT2D eigenvalue weighted by atomic mass is 10.1. The van der Waals surface area contributed by atoms with Crippen molar-refractivity contribution in [2.24, 2.45) is 4.40 Å². The summed E-state index contributed by atoms with van der Waals surface area (Å²) in [6.07, 6.45) is 4.46. The lowest BCUT2D eigenvalue weighted by molar-refractivity contribution is 0.395. The summed E-state index contributed by atoms with van der Waals surface area (Å²) in [7, 11) is 0.0967. The molecule has 0 spiro atoms. The standard InChI is InChI=1S/C14H20ClN3O2S/c1-6-7-8-10(18-21(19)14(2,3)4)12-13(15)17-11(20-5)9-16-12/h6,9H,1,7-8H2,2-5H3/b18-10-. The average Bonchev–Trinajstić information content (AvgIpc) is 2.42. The summed E-state index contributed by atoms with van der Waals surface area (Å²) < 4.78 is 21.0. The quantitative estimate of drug-likeness (QED) is 0.593. The molecular formula is C14H20ClN3O2S. The molecule has 1 aromatic rings. The molecule has 0 N–H and O–H groups in total. The van der Waals surface area contributed by atoms with E-state index in [2.05, 4.69) is 20.9 Å². The first-order valence-corrected chi connectivity index (χ1v) is 7.95. The van der Waals surface area contributed by atoms with Crippen molar-refractivity contribution in [3.8, 4) is 5.88 Å². The van der Waals surface area contributed by atoms with E-state index in [0.717, 1.165) is 0 Å². The maximum absolute atomic E-state index is 12.2. The van der Waals surface area contributed by atoms with Gasteiger partial charge in [-0.15, -0.1) is 6.58 Å². The molecule has 1 atom stereocenters. The summed E-state index contributed by atoms with van der Waals surface area (Å²) in [5, 5.41) is 0.183. The fourth-order valence-electron chi connectivity index (χ4n) is 1.33. The molecule has 7 heteroatoms. The van der Waals surface area contributed by atoms with Gasteiger partial charge in [0.15, 0.2) is 5.15 Å². The number of halogens is 1. The third-order valence-electron chi connectivity index (χ3n) is 2.49. The highest BCUT2D eigenvalue weighted by Gasteiger charge is 2.21. The molecule has 0 fully saturated rings. The number of allylic oxidation sites excluding steroid dienone is 1. The molecule has 0 saturated heterocycles. The van der Waals surface area contributed by atoms with Crippen LogP contribution in [-0.2, 0) is 11.0 Å². The normalized spacial score (nSPS) is 13.9. The Morgan fingerprint density at radius 3 is 2.71 bits per heavy atom. The molecule has 0 amide bonds. The van der Waals surface area contributed by atoms with Gasteiger partial charge in [-0.05, 0) is 33.6 Å². The second-order valence-corrected chi connectivity index (χ2v) is 7.54. The minimum atomic E-state index is -1.39. The van der Waals surface area contributed by atoms with Crippen molar-refractivity contribution in [2.75, 3.05) is 7.11 Å². The molecule has 0 aliphatic heterocycles. The van der Waals surface area contributed by atoms with Crippen LogP contribution in [-0.4, -0.2) is 31.7 Å². The van der Waals surface area contributed by atoms with Crippen LogP contribution in [0, 0.1) is 0 Å². The summed E-state index contributed by atoms with van der Waals surface area (Å²) in [5.74, 6) is 0.323. The highest BCUT2D eigenvalue weighted by atomic mass is 35.5. The molecule has 0 radical (unpaired) electrons. The first-order valence-electron chi connectivity index (χ1n) is 6.47. The molecule has 0 saturated carbocycles. The number of methoxy groups -OCH3 is 1. The van der Waals surface area contributed by atoms with Gasteiger partial charge in [0, 0.05) is 0 Å². The van der Waals surface area contributed by atoms with E-state index >= 15 is 0 Å². The Balaban J connectivity index is 3.22. The smallest absolute Gasteiger partial charge is 0.233 e. The third kappa shape index (κ3) is 5.21. The van der Waals surface area contributed by atoms with Gasteiger partial charge in [0.2, 0.25) is 5.88 Å². The van der Waals surface area contributed by atoms with E-state index in [1.165, 1.54) is 13.3 Å². The highest BCUT2D eigenvalue weighted by molar-refractivity contribution is 7.85. The SMILES string of the molecule is C=CCC/C(=N/S(=O)C(C)(C)C)c1ncc(OC)nc1Cl. The van der Waals surface area contributed by atoms with Gasteiger partial charge in [0.25, 0.3) is 0 Å². The Bertz CT molecular complexity index is 568. The molecule has 0 bridgehead atoms. The largest absolute Gasteiger partial charge is 0.480 e. The van der Waals surface area contributed by atoms with Crippen LogP contribution in [0.4, 0.5) is 0 Å². The van der Waals surface area contributed by atoms with Crippen LogP contribution in [0.3, 0.4) is 0 Å². The Labute approximate surface area is 133 Å². The summed E-state index contributed by atoms with van der Waals surface area (Å²) in [6, 6.07) is 0. The van der Waals surface area contributed by atoms with Crippen molar-refractivity contribution in [1.29, 1.82) is 0 Å². The second-order valence-electron chi connectivity index (χ2n) is 5.28. The Hall–Kier alpha value is -1.27. The van der Waals surface area contributed by atoms with Crippen LogP contribution in [0.5, 0.6) is 5.88 Å². The van der Waals surface area contributed by atoms with Crippen LogP contribution in [0.25, 0.3) is 0 Å². The lowest BCUT2D eigenvalue weighted by Gasteiger charge is -2.15. The van der Waals surface area contributed by atoms with Gasteiger partial charge < -0.3 is 4.74 Å². The topological polar surface area (TPSA) is 64.4 Å². The van der Waals surface area contributed by atoms with Crippen molar-refractivity contribution in [3.05, 3.63) is 29.7 Å². The number of ether oxygens (including phenoxy) is 1. The van der Waals surface area contributed by atoms with Crippen LogP contribution in [0.1, 0.15) is 39.3 Å². The van der Waals surface area contributed by atoms with Gasteiger partial charge in [-0.1, -0.05) is 17.7 Å². The Morgan fingerprint density at radius 2 is 2.24 bits per heavy atom. The molecule has 1 rings (SSSR count). The zero-order chi connectivity index (χ0) is 16.0. The summed E-state index contributed by atoms with van der Waals surface area (Å²) in [4.78, 5) is 8.28. The lowest BCUT2D eigenvalue weighted by Crippen LogP contribution is -2.21. The molecule has 1 aromatic heterocycles. The fourth-order valence-corrected chi connectivity index (χ4v) is 2.22. The van der Waals surface area contributed by atoms with E-state index in [4.69, 9.17) is 16.3 Å². The predicted octanol–water partition coefficient (Wildman–Crippen LogP) is 3.36. The summed E-state index contributed by atoms with van der Waals surface area (Å²) in [5.41, 5.74) is 0.986. The molecule has 0 aromatic carbocycles. The average molecular weight is 330 g/mol. The van der Waals surface area contributed by atoms with Crippen molar-refractivity contribution in [2.45, 2.75) is 38.4 Å². The Kier molecular flexibility index (Phi) is 6.48. The van der Waals surface area contributed by atoms with E-state index in [1.807, 2.05) is 20.8 Å². The molecule has 5 nitrogen and oxygen atoms in total. The summed E-state index contributed by atoms with van der Waals surface area (Å²) in [6.45, 7) is 9.26. The van der Waals surface area contributed by atoms with Crippen LogP contribution >= 0.6 is 11.6 Å². The number of hydrogen-bond acceptors (Lipinski definition) is 4. The molecule has 0 aliphatic carbocycles. The third-order valence-corrected chi connectivity index (χ3v) is 4.19. The van der Waals surface area contributed by atoms with Crippen molar-refractivity contribution < 1.29 is 8.95 Å². The van der Waals surface area contributed by atoms with Crippen LogP contribution in [0.2, 0.25) is 5.15 Å². The minimum Gasteiger partial charge on any atom is -0.480 e. The van der Waals surface area contributed by atoms with E-state index in [9.17, 15) is 4.21 Å². The highest BCUT2D eigenvalue weighted by Crippen LogP contribution is 2.20. The number of hydrogen-bond donors (Lipinski definition) is 0. The predicted molar refractivity (Wildman–Crippen MR) is 87.5 cm³/mol. The van der Waals surface area contributed by atoms with E-state index in [1.54, 1.807) is 6.08 Å². The molecule has 21 heavy (non-hydrogen) atoms. The number of rotatable bonds is 6. The van der Waals surface area contributed by atoms with Gasteiger partial charge in [-0.2, -0.15) is 9.38 Å². The van der Waals surface area contributed by atoms with Gasteiger partial charge in [0.1, 0.15) is 16.7 Å². The molecule has 1 heterocycles. The van der Waals surface area contributed by atoms with Crippen LogP contribution < -0.4 is 4.74 Å². The maximum atomic E-state index is 12.2. The van der Waals surface area contributed by atoms with Crippen molar-refractivity contribution in [1.82, 2.24) is 9.97 Å². The molecule has 1 unspecified atom stereocenters. The molecule has 116 valence electrons. The van der Waals surface area contributed by atoms with Crippen LogP contribution in [0.15, 0.2) is 23.2 Å². The first kappa shape index (κ1) is 17.8. The van der Waals surface area contributed by atoms with Crippen molar-refractivity contribution >= 4 is 28.3 Å². The zero-order valence-electron chi connectivity index (χ0n) is 12.7. The fraction of sp³-hybridized carbons (Fsp3) is 0.500. The van der Waals surface area contributed by atoms with E-state index in [0.29, 0.717) is 30.1 Å². The molecule has 0 aliphatic rings. The van der Waals surface area contributed by atoms with Gasteiger partial charge in [-0.3, -0.25) is 0 Å². The second kappa shape index (κ2) is 7.66.